The molecule has 0 aliphatic carbocycles. The minimum absolute atomic E-state index is 0.148. The number of hydrogen-bond acceptors (Lipinski definition) is 1. The van der Waals surface area contributed by atoms with E-state index in [-0.39, 0.29) is 5.41 Å². The van der Waals surface area contributed by atoms with Gasteiger partial charge in [0.15, 0.2) is 0 Å². The molecule has 0 aliphatic heterocycles. The summed E-state index contributed by atoms with van der Waals surface area (Å²) in [5.74, 6) is 0. The van der Waals surface area contributed by atoms with Crippen molar-refractivity contribution in [3.63, 3.8) is 0 Å². The molecule has 0 radical (unpaired) electrons. The van der Waals surface area contributed by atoms with Gasteiger partial charge in [-0.05, 0) is 40.3 Å². The Morgan fingerprint density at radius 1 is 1.10 bits per heavy atom. The van der Waals surface area contributed by atoms with Gasteiger partial charge in [0.25, 0.3) is 0 Å². The molecule has 1 N–H and O–H groups in total. The molecular formula is C18H20BrClO. The van der Waals surface area contributed by atoms with E-state index in [1.165, 1.54) is 5.56 Å². The van der Waals surface area contributed by atoms with Crippen LogP contribution in [0.15, 0.2) is 46.9 Å². The van der Waals surface area contributed by atoms with Crippen LogP contribution in [-0.4, -0.2) is 5.11 Å². The fourth-order valence-corrected chi connectivity index (χ4v) is 3.14. The van der Waals surface area contributed by atoms with Gasteiger partial charge in [0.1, 0.15) is 0 Å². The van der Waals surface area contributed by atoms with Crippen LogP contribution in [0.3, 0.4) is 0 Å². The summed E-state index contributed by atoms with van der Waals surface area (Å²) < 4.78 is 0.882. The maximum atomic E-state index is 10.4. The predicted octanol–water partition coefficient (Wildman–Crippen LogP) is 5.68. The van der Waals surface area contributed by atoms with E-state index in [1.807, 2.05) is 12.1 Å². The molecule has 112 valence electrons. The SMILES string of the molecule is CC(C)(C)c1ccc(CC(O)c2cc(Cl)cc(Br)c2)cc1. The van der Waals surface area contributed by atoms with Crippen LogP contribution >= 0.6 is 27.5 Å². The van der Waals surface area contributed by atoms with Crippen molar-refractivity contribution in [1.29, 1.82) is 0 Å². The molecule has 1 atom stereocenters. The Bertz CT molecular complexity index is 594. The zero-order chi connectivity index (χ0) is 15.6. The maximum Gasteiger partial charge on any atom is 0.0831 e. The lowest BCUT2D eigenvalue weighted by atomic mass is 9.86. The van der Waals surface area contributed by atoms with Gasteiger partial charge in [0, 0.05) is 15.9 Å². The van der Waals surface area contributed by atoms with Gasteiger partial charge in [-0.15, -0.1) is 0 Å². The van der Waals surface area contributed by atoms with Gasteiger partial charge < -0.3 is 5.11 Å². The average molecular weight is 368 g/mol. The number of halogens is 2. The van der Waals surface area contributed by atoms with Gasteiger partial charge in [-0.2, -0.15) is 0 Å². The van der Waals surface area contributed by atoms with Gasteiger partial charge in [0.05, 0.1) is 6.10 Å². The zero-order valence-electron chi connectivity index (χ0n) is 12.5. The molecule has 0 amide bonds. The Hall–Kier alpha value is -0.830. The van der Waals surface area contributed by atoms with E-state index in [4.69, 9.17) is 11.6 Å². The molecule has 0 heterocycles. The minimum atomic E-state index is -0.555. The number of aliphatic hydroxyl groups excluding tert-OH is 1. The van der Waals surface area contributed by atoms with Crippen LogP contribution in [-0.2, 0) is 11.8 Å². The Morgan fingerprint density at radius 2 is 1.71 bits per heavy atom. The average Bonchev–Trinajstić information content (AvgIpc) is 2.37. The van der Waals surface area contributed by atoms with Gasteiger partial charge in [-0.3, -0.25) is 0 Å². The quantitative estimate of drug-likeness (QED) is 0.740. The van der Waals surface area contributed by atoms with Crippen LogP contribution in [0.4, 0.5) is 0 Å². The van der Waals surface area contributed by atoms with Crippen LogP contribution in [0.25, 0.3) is 0 Å². The molecule has 2 aromatic carbocycles. The summed E-state index contributed by atoms with van der Waals surface area (Å²) in [6, 6.07) is 14.0. The van der Waals surface area contributed by atoms with E-state index in [0.717, 1.165) is 15.6 Å². The van der Waals surface area contributed by atoms with Crippen molar-refractivity contribution >= 4 is 27.5 Å². The van der Waals surface area contributed by atoms with Crippen LogP contribution in [0.2, 0.25) is 5.02 Å². The number of benzene rings is 2. The molecule has 1 unspecified atom stereocenters. The van der Waals surface area contributed by atoms with E-state index in [0.29, 0.717) is 11.4 Å². The molecule has 21 heavy (non-hydrogen) atoms. The van der Waals surface area contributed by atoms with E-state index >= 15 is 0 Å². The maximum absolute atomic E-state index is 10.4. The molecule has 0 fully saturated rings. The summed E-state index contributed by atoms with van der Waals surface area (Å²) in [4.78, 5) is 0. The van der Waals surface area contributed by atoms with Crippen LogP contribution in [0.5, 0.6) is 0 Å². The highest BCUT2D eigenvalue weighted by atomic mass is 79.9. The van der Waals surface area contributed by atoms with E-state index in [9.17, 15) is 5.11 Å². The van der Waals surface area contributed by atoms with Gasteiger partial charge in [0.2, 0.25) is 0 Å². The Morgan fingerprint density at radius 3 is 2.24 bits per heavy atom. The molecule has 0 aliphatic rings. The monoisotopic (exact) mass is 366 g/mol. The first-order valence-electron chi connectivity index (χ1n) is 6.99. The molecule has 0 spiro atoms. The minimum Gasteiger partial charge on any atom is -0.388 e. The topological polar surface area (TPSA) is 20.2 Å². The Labute approximate surface area is 140 Å². The Balaban J connectivity index is 2.14. The van der Waals surface area contributed by atoms with Crippen molar-refractivity contribution in [1.82, 2.24) is 0 Å². The molecule has 1 nitrogen and oxygen atoms in total. The third-order valence-corrected chi connectivity index (χ3v) is 4.19. The predicted molar refractivity (Wildman–Crippen MR) is 93.0 cm³/mol. The lowest BCUT2D eigenvalue weighted by Gasteiger charge is -2.19. The van der Waals surface area contributed by atoms with Crippen molar-refractivity contribution in [2.24, 2.45) is 0 Å². The highest BCUT2D eigenvalue weighted by Crippen LogP contribution is 2.27. The molecule has 0 aromatic heterocycles. The number of aliphatic hydroxyl groups is 1. The molecular weight excluding hydrogens is 348 g/mol. The molecule has 3 heteroatoms. The summed E-state index contributed by atoms with van der Waals surface area (Å²) in [5.41, 5.74) is 3.39. The summed E-state index contributed by atoms with van der Waals surface area (Å²) in [7, 11) is 0. The molecule has 0 bridgehead atoms. The third-order valence-electron chi connectivity index (χ3n) is 3.52. The second kappa shape index (κ2) is 6.51. The van der Waals surface area contributed by atoms with E-state index < -0.39 is 6.10 Å². The first kappa shape index (κ1) is 16.5. The number of rotatable bonds is 3. The third kappa shape index (κ3) is 4.57. The van der Waals surface area contributed by atoms with Crippen LogP contribution in [0, 0.1) is 0 Å². The summed E-state index contributed by atoms with van der Waals surface area (Å²) in [6.07, 6.45) is 0.0255. The largest absolute Gasteiger partial charge is 0.388 e. The lowest BCUT2D eigenvalue weighted by molar-refractivity contribution is 0.178. The van der Waals surface area contributed by atoms with Gasteiger partial charge >= 0.3 is 0 Å². The summed E-state index contributed by atoms with van der Waals surface area (Å²) in [5, 5.41) is 11.0. The first-order valence-corrected chi connectivity index (χ1v) is 8.16. The highest BCUT2D eigenvalue weighted by Gasteiger charge is 2.14. The normalized spacial score (nSPS) is 13.2. The first-order chi connectivity index (χ1) is 9.75. The number of hydrogen-bond donors (Lipinski definition) is 1. The van der Waals surface area contributed by atoms with Crippen LogP contribution in [0.1, 0.15) is 43.6 Å². The van der Waals surface area contributed by atoms with Crippen LogP contribution < -0.4 is 0 Å². The van der Waals surface area contributed by atoms with Gasteiger partial charge in [-0.1, -0.05) is 72.6 Å². The molecule has 2 aromatic rings. The van der Waals surface area contributed by atoms with E-state index in [2.05, 4.69) is 61.0 Å². The van der Waals surface area contributed by atoms with Crippen molar-refractivity contribution in [3.05, 3.63) is 68.7 Å². The second-order valence-electron chi connectivity index (χ2n) is 6.37. The Kier molecular flexibility index (Phi) is 5.13. The van der Waals surface area contributed by atoms with E-state index in [1.54, 1.807) is 6.07 Å². The fourth-order valence-electron chi connectivity index (χ4n) is 2.25. The second-order valence-corrected chi connectivity index (χ2v) is 7.72. The molecule has 0 saturated carbocycles. The fraction of sp³-hybridized carbons (Fsp3) is 0.333. The van der Waals surface area contributed by atoms with Crippen molar-refractivity contribution in [2.75, 3.05) is 0 Å². The standard InChI is InChI=1S/C18H20BrClO/c1-18(2,3)14-6-4-12(5-7-14)8-17(21)13-9-15(19)11-16(20)10-13/h4-7,9-11,17,21H,8H2,1-3H3. The van der Waals surface area contributed by atoms with Crippen molar-refractivity contribution < 1.29 is 5.11 Å². The smallest absolute Gasteiger partial charge is 0.0831 e. The molecule has 0 saturated heterocycles. The summed E-state index contributed by atoms with van der Waals surface area (Å²) >= 11 is 9.43. The van der Waals surface area contributed by atoms with Crippen molar-refractivity contribution in [3.8, 4) is 0 Å². The summed E-state index contributed by atoms with van der Waals surface area (Å²) in [6.45, 7) is 6.58. The molecule has 2 rings (SSSR count). The zero-order valence-corrected chi connectivity index (χ0v) is 14.9. The highest BCUT2D eigenvalue weighted by molar-refractivity contribution is 9.10. The van der Waals surface area contributed by atoms with Gasteiger partial charge in [-0.25, -0.2) is 0 Å². The lowest BCUT2D eigenvalue weighted by Crippen LogP contribution is -2.11. The van der Waals surface area contributed by atoms with Crippen molar-refractivity contribution in [2.45, 2.75) is 38.7 Å².